The van der Waals surface area contributed by atoms with Crippen LogP contribution in [-0.2, 0) is 9.59 Å². The molecule has 0 atom stereocenters. The van der Waals surface area contributed by atoms with Gasteiger partial charge in [-0.15, -0.1) is 0 Å². The van der Waals surface area contributed by atoms with Gasteiger partial charge in [-0.1, -0.05) is 0 Å². The second kappa shape index (κ2) is 7.56. The highest BCUT2D eigenvalue weighted by atomic mass is 32.2. The van der Waals surface area contributed by atoms with E-state index in [1.807, 2.05) is 0 Å². The summed E-state index contributed by atoms with van der Waals surface area (Å²) in [5.74, 6) is -0.0481. The highest BCUT2D eigenvalue weighted by molar-refractivity contribution is 8.18. The molecule has 0 spiro atoms. The Morgan fingerprint density at radius 3 is 1.54 bits per heavy atom. The Kier molecular flexibility index (Phi) is 4.97. The Bertz CT molecular complexity index is 925. The van der Waals surface area contributed by atoms with Crippen molar-refractivity contribution >= 4 is 58.0 Å². The molecule has 0 bridgehead atoms. The number of nitrogens with zero attached hydrogens (tertiary/aromatic N) is 2. The number of amides is 4. The maximum atomic E-state index is 12.4. The predicted molar refractivity (Wildman–Crippen MR) is 103 cm³/mol. The van der Waals surface area contributed by atoms with Gasteiger partial charge in [0.25, 0.3) is 22.3 Å². The van der Waals surface area contributed by atoms with Crippen LogP contribution in [0.1, 0.15) is 11.5 Å². The quantitative estimate of drug-likeness (QED) is 0.681. The lowest BCUT2D eigenvalue weighted by atomic mass is 10.3. The molecule has 10 heteroatoms. The first-order chi connectivity index (χ1) is 13.5. The molecule has 0 unspecified atom stereocenters. The highest BCUT2D eigenvalue weighted by Crippen LogP contribution is 2.34. The van der Waals surface area contributed by atoms with Crippen molar-refractivity contribution in [3.05, 3.63) is 58.1 Å². The number of rotatable bonds is 5. The number of hydrogen-bond acceptors (Lipinski definition) is 8. The summed E-state index contributed by atoms with van der Waals surface area (Å²) in [6, 6.07) is 6.68. The molecule has 2 aliphatic rings. The van der Waals surface area contributed by atoms with Crippen LogP contribution in [0.5, 0.6) is 0 Å². The first kappa shape index (κ1) is 18.4. The van der Waals surface area contributed by atoms with Gasteiger partial charge in [0.05, 0.1) is 22.3 Å². The molecule has 8 nitrogen and oxygen atoms in total. The summed E-state index contributed by atoms with van der Waals surface area (Å²) in [5, 5.41) is -0.915. The molecule has 28 heavy (non-hydrogen) atoms. The fraction of sp³-hybridized carbons (Fsp3) is 0.111. The smallest absolute Gasteiger partial charge is 0.293 e. The van der Waals surface area contributed by atoms with Gasteiger partial charge in [-0.2, -0.15) is 0 Å². The molecule has 0 N–H and O–H groups in total. The average Bonchev–Trinajstić information content (AvgIpc) is 3.43. The van der Waals surface area contributed by atoms with Crippen LogP contribution in [0.2, 0.25) is 0 Å². The number of carbonyl (C=O) groups is 4. The van der Waals surface area contributed by atoms with Crippen LogP contribution in [0.15, 0.2) is 55.4 Å². The van der Waals surface area contributed by atoms with Gasteiger partial charge in [-0.25, -0.2) is 0 Å². The third kappa shape index (κ3) is 3.56. The number of carbonyl (C=O) groups excluding carboxylic acids is 4. The van der Waals surface area contributed by atoms with Gasteiger partial charge in [-0.05, 0) is 47.8 Å². The minimum atomic E-state index is -0.482. The van der Waals surface area contributed by atoms with E-state index in [0.717, 1.165) is 33.3 Å². The van der Waals surface area contributed by atoms with Crippen molar-refractivity contribution in [1.82, 2.24) is 9.80 Å². The largest absolute Gasteiger partial charge is 0.465 e. The van der Waals surface area contributed by atoms with Crippen LogP contribution in [0, 0.1) is 0 Å². The Morgan fingerprint density at radius 1 is 0.750 bits per heavy atom. The molecule has 0 aromatic carbocycles. The lowest BCUT2D eigenvalue weighted by Gasteiger charge is -2.17. The highest BCUT2D eigenvalue weighted by Gasteiger charge is 2.39. The summed E-state index contributed by atoms with van der Waals surface area (Å²) < 4.78 is 10.3. The molecule has 2 aliphatic heterocycles. The van der Waals surface area contributed by atoms with Crippen LogP contribution in [0.3, 0.4) is 0 Å². The first-order valence-corrected chi connectivity index (χ1v) is 9.74. The molecule has 0 aliphatic carbocycles. The molecule has 0 radical (unpaired) electrons. The summed E-state index contributed by atoms with van der Waals surface area (Å²) in [6.45, 7) is -0.154. The van der Waals surface area contributed by atoms with Crippen LogP contribution in [0.25, 0.3) is 12.2 Å². The van der Waals surface area contributed by atoms with E-state index < -0.39 is 22.3 Å². The molecular formula is C18H12N2O6S2. The zero-order valence-corrected chi connectivity index (χ0v) is 15.8. The molecule has 4 rings (SSSR count). The fourth-order valence-corrected chi connectivity index (χ4v) is 4.28. The van der Waals surface area contributed by atoms with Crippen molar-refractivity contribution < 1.29 is 28.0 Å². The van der Waals surface area contributed by atoms with Gasteiger partial charge < -0.3 is 8.83 Å². The molecule has 2 aromatic heterocycles. The van der Waals surface area contributed by atoms with Crippen LogP contribution >= 0.6 is 23.5 Å². The standard InChI is InChI=1S/C18H12N2O6S2/c21-15-13(9-11-3-1-7-25-11)27-17(23)19(15)5-6-20-16(22)14(28-18(20)24)10-12-4-2-8-26-12/h1-4,7-10H,5-6H2/b13-9-,14-10+. The molecule has 4 heterocycles. The van der Waals surface area contributed by atoms with Crippen LogP contribution < -0.4 is 0 Å². The van der Waals surface area contributed by atoms with Crippen molar-refractivity contribution in [2.75, 3.05) is 13.1 Å². The van der Waals surface area contributed by atoms with Crippen molar-refractivity contribution in [3.63, 3.8) is 0 Å². The maximum absolute atomic E-state index is 12.4. The van der Waals surface area contributed by atoms with Crippen molar-refractivity contribution in [1.29, 1.82) is 0 Å². The Hall–Kier alpha value is -2.98. The van der Waals surface area contributed by atoms with E-state index in [1.54, 1.807) is 24.3 Å². The minimum absolute atomic E-state index is 0.0771. The minimum Gasteiger partial charge on any atom is -0.465 e. The van der Waals surface area contributed by atoms with Gasteiger partial charge in [0.2, 0.25) is 0 Å². The van der Waals surface area contributed by atoms with Crippen molar-refractivity contribution in [2.45, 2.75) is 0 Å². The normalized spacial score (nSPS) is 20.4. The van der Waals surface area contributed by atoms with Crippen LogP contribution in [-0.4, -0.2) is 45.2 Å². The lowest BCUT2D eigenvalue weighted by Crippen LogP contribution is -2.39. The van der Waals surface area contributed by atoms with E-state index in [2.05, 4.69) is 0 Å². The van der Waals surface area contributed by atoms with E-state index in [9.17, 15) is 19.2 Å². The summed E-state index contributed by atoms with van der Waals surface area (Å²) in [5.41, 5.74) is 0. The summed E-state index contributed by atoms with van der Waals surface area (Å²) in [7, 11) is 0. The second-order valence-corrected chi connectivity index (χ2v) is 7.68. The third-order valence-corrected chi connectivity index (χ3v) is 5.74. The second-order valence-electron chi connectivity index (χ2n) is 5.70. The first-order valence-electron chi connectivity index (χ1n) is 8.10. The Balaban J connectivity index is 1.43. The van der Waals surface area contributed by atoms with Crippen molar-refractivity contribution in [3.8, 4) is 0 Å². The SMILES string of the molecule is O=C1S/C(=C\c2ccco2)C(=O)N1CCN1C(=O)S/C(=C/c2ccco2)C1=O. The molecule has 142 valence electrons. The molecular weight excluding hydrogens is 404 g/mol. The topological polar surface area (TPSA) is 101 Å². The number of furan rings is 2. The van der Waals surface area contributed by atoms with Gasteiger partial charge in [-0.3, -0.25) is 29.0 Å². The van der Waals surface area contributed by atoms with Crippen molar-refractivity contribution in [2.24, 2.45) is 0 Å². The Labute approximate surface area is 167 Å². The molecule has 0 saturated carbocycles. The number of thioether (sulfide) groups is 2. The van der Waals surface area contributed by atoms with Gasteiger partial charge in [0, 0.05) is 25.2 Å². The Morgan fingerprint density at radius 2 is 1.18 bits per heavy atom. The zero-order valence-electron chi connectivity index (χ0n) is 14.2. The van der Waals surface area contributed by atoms with Gasteiger partial charge >= 0.3 is 0 Å². The number of imide groups is 2. The average molecular weight is 416 g/mol. The predicted octanol–water partition coefficient (Wildman–Crippen LogP) is 3.65. The number of hydrogen-bond donors (Lipinski definition) is 0. The summed E-state index contributed by atoms with van der Waals surface area (Å²) >= 11 is 1.58. The van der Waals surface area contributed by atoms with Gasteiger partial charge in [0.15, 0.2) is 0 Å². The van der Waals surface area contributed by atoms with E-state index in [4.69, 9.17) is 8.83 Å². The third-order valence-electron chi connectivity index (χ3n) is 3.93. The van der Waals surface area contributed by atoms with E-state index >= 15 is 0 Å². The zero-order chi connectivity index (χ0) is 19.7. The monoisotopic (exact) mass is 416 g/mol. The fourth-order valence-electron chi connectivity index (χ4n) is 2.59. The lowest BCUT2D eigenvalue weighted by molar-refractivity contribution is -0.125. The molecule has 2 saturated heterocycles. The summed E-state index contributed by atoms with van der Waals surface area (Å²) in [6.07, 6.45) is 5.90. The van der Waals surface area contributed by atoms with Crippen LogP contribution in [0.4, 0.5) is 9.59 Å². The van der Waals surface area contributed by atoms with E-state index in [1.165, 1.54) is 24.7 Å². The molecule has 4 amide bonds. The molecule has 2 aromatic rings. The van der Waals surface area contributed by atoms with E-state index in [0.29, 0.717) is 11.5 Å². The van der Waals surface area contributed by atoms with E-state index in [-0.39, 0.29) is 22.9 Å². The maximum Gasteiger partial charge on any atom is 0.293 e. The summed E-state index contributed by atoms with van der Waals surface area (Å²) in [4.78, 5) is 51.7. The van der Waals surface area contributed by atoms with Gasteiger partial charge in [0.1, 0.15) is 11.5 Å². The molecule has 2 fully saturated rings.